The number of esters is 1. The van der Waals surface area contributed by atoms with E-state index in [9.17, 15) is 9.59 Å². The Morgan fingerprint density at radius 1 is 1.36 bits per heavy atom. The van der Waals surface area contributed by atoms with Crippen molar-refractivity contribution in [1.82, 2.24) is 0 Å². The van der Waals surface area contributed by atoms with Gasteiger partial charge in [-0.25, -0.2) is 0 Å². The smallest absolute Gasteiger partial charge is 0.313 e. The van der Waals surface area contributed by atoms with Crippen LogP contribution in [0.4, 0.5) is 0 Å². The first-order valence-corrected chi connectivity index (χ1v) is 3.15. The van der Waals surface area contributed by atoms with Gasteiger partial charge in [-0.3, -0.25) is 9.59 Å². The van der Waals surface area contributed by atoms with Gasteiger partial charge in [0.25, 0.3) is 0 Å². The number of carbonyl (C=O) groups excluding carboxylic acids is 1. The zero-order chi connectivity index (χ0) is 8.43. The average Bonchev–Trinajstić information content (AvgIpc) is 1.83. The van der Waals surface area contributed by atoms with E-state index in [1.807, 2.05) is 0 Å². The Morgan fingerprint density at radius 3 is 2.18 bits per heavy atom. The molecule has 0 unspecified atom stereocenters. The summed E-state index contributed by atoms with van der Waals surface area (Å²) < 4.78 is 4.38. The minimum atomic E-state index is -0.983. The first kappa shape index (κ1) is 7.78. The van der Waals surface area contributed by atoms with Crippen LogP contribution in [0.15, 0.2) is 12.2 Å². The molecule has 1 aliphatic rings. The standard InChI is InChI=1S/C7H8O4/c1-11-7(10)5-3-2-4(5)6(8)9/h2-5H,1H3,(H,8,9)/t4-,5-/m0/s1. The van der Waals surface area contributed by atoms with E-state index in [4.69, 9.17) is 5.11 Å². The van der Waals surface area contributed by atoms with E-state index < -0.39 is 23.8 Å². The third kappa shape index (κ3) is 1.24. The normalized spacial score (nSPS) is 27.4. The number of carbonyl (C=O) groups is 2. The molecule has 1 aliphatic carbocycles. The second kappa shape index (κ2) is 2.74. The summed E-state index contributed by atoms with van der Waals surface area (Å²) in [5.74, 6) is -2.75. The summed E-state index contributed by atoms with van der Waals surface area (Å²) in [5, 5.41) is 8.49. The molecule has 0 amide bonds. The average molecular weight is 156 g/mol. The molecular formula is C7H8O4. The SMILES string of the molecule is COC(=O)[C@H]1C=C[C@@H]1C(=O)O. The van der Waals surface area contributed by atoms with Gasteiger partial charge >= 0.3 is 11.9 Å². The fourth-order valence-corrected chi connectivity index (χ4v) is 0.931. The quantitative estimate of drug-likeness (QED) is 0.453. The van der Waals surface area contributed by atoms with E-state index >= 15 is 0 Å². The molecule has 2 atom stereocenters. The zero-order valence-electron chi connectivity index (χ0n) is 5.98. The molecule has 0 heterocycles. The Hall–Kier alpha value is -1.32. The van der Waals surface area contributed by atoms with Crippen LogP contribution in [0.1, 0.15) is 0 Å². The first-order chi connectivity index (χ1) is 5.16. The molecule has 0 bridgehead atoms. The second-order valence-corrected chi connectivity index (χ2v) is 2.30. The summed E-state index contributed by atoms with van der Waals surface area (Å²) in [6.07, 6.45) is 3.01. The van der Waals surface area contributed by atoms with Gasteiger partial charge in [0.1, 0.15) is 0 Å². The zero-order valence-corrected chi connectivity index (χ0v) is 5.98. The fourth-order valence-electron chi connectivity index (χ4n) is 0.931. The van der Waals surface area contributed by atoms with Crippen molar-refractivity contribution in [2.24, 2.45) is 11.8 Å². The number of carboxylic acid groups (broad SMARTS) is 1. The largest absolute Gasteiger partial charge is 0.481 e. The molecule has 0 saturated carbocycles. The number of ether oxygens (including phenoxy) is 1. The van der Waals surface area contributed by atoms with Gasteiger partial charge < -0.3 is 9.84 Å². The highest BCUT2D eigenvalue weighted by molar-refractivity contribution is 5.86. The lowest BCUT2D eigenvalue weighted by molar-refractivity contribution is -0.153. The van der Waals surface area contributed by atoms with Gasteiger partial charge in [0.15, 0.2) is 0 Å². The van der Waals surface area contributed by atoms with Crippen LogP contribution in [0, 0.1) is 11.8 Å². The van der Waals surface area contributed by atoms with E-state index in [1.54, 1.807) is 0 Å². The lowest BCUT2D eigenvalue weighted by Gasteiger charge is -2.22. The molecule has 0 aromatic rings. The topological polar surface area (TPSA) is 63.6 Å². The maximum atomic E-state index is 10.8. The van der Waals surface area contributed by atoms with E-state index in [-0.39, 0.29) is 0 Å². The Bertz CT molecular complexity index is 218. The number of hydrogen-bond donors (Lipinski definition) is 1. The fraction of sp³-hybridized carbons (Fsp3) is 0.429. The number of hydrogen-bond acceptors (Lipinski definition) is 3. The Balaban J connectivity index is 2.59. The lowest BCUT2D eigenvalue weighted by atomic mass is 9.82. The van der Waals surface area contributed by atoms with Crippen LogP contribution in [0.3, 0.4) is 0 Å². The third-order valence-electron chi connectivity index (χ3n) is 1.67. The van der Waals surface area contributed by atoms with Crippen molar-refractivity contribution in [3.63, 3.8) is 0 Å². The van der Waals surface area contributed by atoms with Gasteiger partial charge in [0.05, 0.1) is 18.9 Å². The molecule has 60 valence electrons. The Morgan fingerprint density at radius 2 is 1.91 bits per heavy atom. The highest BCUT2D eigenvalue weighted by Crippen LogP contribution is 2.26. The van der Waals surface area contributed by atoms with Crippen molar-refractivity contribution in [3.05, 3.63) is 12.2 Å². The van der Waals surface area contributed by atoms with Crippen LogP contribution in [0.25, 0.3) is 0 Å². The van der Waals surface area contributed by atoms with Crippen LogP contribution in [-0.2, 0) is 14.3 Å². The molecule has 1 N–H and O–H groups in total. The summed E-state index contributed by atoms with van der Waals surface area (Å²) in [7, 11) is 1.24. The van der Waals surface area contributed by atoms with Gasteiger partial charge in [0, 0.05) is 0 Å². The summed E-state index contributed by atoms with van der Waals surface area (Å²) in [4.78, 5) is 21.1. The van der Waals surface area contributed by atoms with Gasteiger partial charge in [0.2, 0.25) is 0 Å². The molecule has 4 heteroatoms. The molecule has 0 aromatic heterocycles. The summed E-state index contributed by atoms with van der Waals surface area (Å²) in [6, 6.07) is 0. The number of methoxy groups -OCH3 is 1. The second-order valence-electron chi connectivity index (χ2n) is 2.30. The van der Waals surface area contributed by atoms with Gasteiger partial charge in [-0.1, -0.05) is 12.2 Å². The molecule has 0 fully saturated rings. The van der Waals surface area contributed by atoms with Gasteiger partial charge in [-0.15, -0.1) is 0 Å². The summed E-state index contributed by atoms with van der Waals surface area (Å²) in [5.41, 5.74) is 0. The van der Waals surface area contributed by atoms with Crippen LogP contribution >= 0.6 is 0 Å². The molecule has 0 aliphatic heterocycles. The van der Waals surface area contributed by atoms with Crippen molar-refractivity contribution in [2.75, 3.05) is 7.11 Å². The van der Waals surface area contributed by atoms with Crippen molar-refractivity contribution < 1.29 is 19.4 Å². The minimum absolute atomic E-state index is 0.486. The van der Waals surface area contributed by atoms with Crippen molar-refractivity contribution in [1.29, 1.82) is 0 Å². The Labute approximate surface area is 63.5 Å². The predicted molar refractivity (Wildman–Crippen MR) is 35.8 cm³/mol. The minimum Gasteiger partial charge on any atom is -0.481 e. The number of carboxylic acids is 1. The molecule has 0 aromatic carbocycles. The van der Waals surface area contributed by atoms with Crippen molar-refractivity contribution >= 4 is 11.9 Å². The first-order valence-electron chi connectivity index (χ1n) is 3.15. The molecule has 4 nitrogen and oxygen atoms in total. The van der Waals surface area contributed by atoms with E-state index in [1.165, 1.54) is 19.3 Å². The maximum absolute atomic E-state index is 10.8. The van der Waals surface area contributed by atoms with Crippen LogP contribution in [0.5, 0.6) is 0 Å². The molecule has 0 spiro atoms. The number of aliphatic carboxylic acids is 1. The highest BCUT2D eigenvalue weighted by atomic mass is 16.5. The van der Waals surface area contributed by atoms with E-state index in [2.05, 4.69) is 4.74 Å². The van der Waals surface area contributed by atoms with Crippen LogP contribution < -0.4 is 0 Å². The van der Waals surface area contributed by atoms with Crippen LogP contribution in [-0.4, -0.2) is 24.2 Å². The lowest BCUT2D eigenvalue weighted by Crippen LogP contribution is -2.33. The van der Waals surface area contributed by atoms with E-state index in [0.29, 0.717) is 0 Å². The van der Waals surface area contributed by atoms with Crippen molar-refractivity contribution in [2.45, 2.75) is 0 Å². The van der Waals surface area contributed by atoms with Crippen LogP contribution in [0.2, 0.25) is 0 Å². The monoisotopic (exact) mass is 156 g/mol. The molecule has 0 saturated heterocycles. The molecular weight excluding hydrogens is 148 g/mol. The highest BCUT2D eigenvalue weighted by Gasteiger charge is 2.36. The van der Waals surface area contributed by atoms with Gasteiger partial charge in [-0.2, -0.15) is 0 Å². The van der Waals surface area contributed by atoms with Gasteiger partial charge in [-0.05, 0) is 0 Å². The molecule has 1 rings (SSSR count). The summed E-state index contributed by atoms with van der Waals surface area (Å²) >= 11 is 0. The summed E-state index contributed by atoms with van der Waals surface area (Å²) in [6.45, 7) is 0. The number of rotatable bonds is 2. The predicted octanol–water partition coefficient (Wildman–Crippen LogP) is 0.0462. The Kier molecular flexibility index (Phi) is 1.94. The third-order valence-corrected chi connectivity index (χ3v) is 1.67. The maximum Gasteiger partial charge on any atom is 0.313 e. The van der Waals surface area contributed by atoms with Crippen molar-refractivity contribution in [3.8, 4) is 0 Å². The van der Waals surface area contributed by atoms with E-state index in [0.717, 1.165) is 0 Å². The molecule has 0 radical (unpaired) electrons. The molecule has 11 heavy (non-hydrogen) atoms.